The number of hydrogen-bond acceptors (Lipinski definition) is 1. The summed E-state index contributed by atoms with van der Waals surface area (Å²) < 4.78 is 13.3. The molecule has 130 valence electrons. The molecule has 0 aromatic rings. The van der Waals surface area contributed by atoms with Crippen LogP contribution in [0.25, 0.3) is 0 Å². The molecule has 0 aromatic heterocycles. The van der Waals surface area contributed by atoms with Crippen molar-refractivity contribution in [3.05, 3.63) is 22.8 Å². The molecule has 0 spiro atoms. The van der Waals surface area contributed by atoms with Crippen LogP contribution in [0, 0.1) is 17.3 Å². The van der Waals surface area contributed by atoms with Crippen LogP contribution < -0.4 is 0 Å². The zero-order valence-electron chi connectivity index (χ0n) is 15.5. The number of Topliss-reactive ketones (excluding diaryl/α,β-unsaturated/α-hetero) is 1. The minimum atomic E-state index is -0.624. The van der Waals surface area contributed by atoms with Crippen molar-refractivity contribution in [3.8, 4) is 0 Å². The first-order chi connectivity index (χ1) is 10.7. The Hall–Kier alpha value is -0.920. The summed E-state index contributed by atoms with van der Waals surface area (Å²) in [5.41, 5.74) is 4.02. The van der Waals surface area contributed by atoms with Crippen LogP contribution in [0.2, 0.25) is 0 Å². The van der Waals surface area contributed by atoms with E-state index in [9.17, 15) is 9.18 Å². The molecule has 0 radical (unpaired) electrons. The van der Waals surface area contributed by atoms with Gasteiger partial charge in [0.1, 0.15) is 6.17 Å². The second-order valence-corrected chi connectivity index (χ2v) is 8.32. The molecule has 0 bridgehead atoms. The fourth-order valence-electron chi connectivity index (χ4n) is 4.30. The van der Waals surface area contributed by atoms with Crippen LogP contribution in [0.15, 0.2) is 22.8 Å². The Morgan fingerprint density at radius 2 is 1.87 bits per heavy atom. The summed E-state index contributed by atoms with van der Waals surface area (Å²) in [5.74, 6) is 1.24. The number of rotatable bonds is 5. The number of ketones is 1. The van der Waals surface area contributed by atoms with E-state index >= 15 is 0 Å². The lowest BCUT2D eigenvalue weighted by molar-refractivity contribution is -0.113. The molecule has 0 saturated heterocycles. The molecule has 0 aliphatic heterocycles. The van der Waals surface area contributed by atoms with Gasteiger partial charge in [0, 0.05) is 0 Å². The Kier molecular flexibility index (Phi) is 5.86. The molecule has 0 amide bonds. The highest BCUT2D eigenvalue weighted by Gasteiger charge is 2.35. The lowest BCUT2D eigenvalue weighted by atomic mass is 9.82. The highest BCUT2D eigenvalue weighted by Crippen LogP contribution is 2.47. The van der Waals surface area contributed by atoms with Crippen LogP contribution in [-0.4, -0.2) is 12.0 Å². The molecule has 1 fully saturated rings. The van der Waals surface area contributed by atoms with Gasteiger partial charge < -0.3 is 0 Å². The minimum absolute atomic E-state index is 0.187. The third-order valence-corrected chi connectivity index (χ3v) is 6.20. The number of allylic oxidation sites excluding steroid dienone is 4. The Morgan fingerprint density at radius 3 is 2.39 bits per heavy atom. The molecule has 23 heavy (non-hydrogen) atoms. The highest BCUT2D eigenvalue weighted by atomic mass is 19.1. The van der Waals surface area contributed by atoms with Gasteiger partial charge in [-0.25, -0.2) is 4.39 Å². The molecule has 1 saturated carbocycles. The van der Waals surface area contributed by atoms with Gasteiger partial charge in [-0.15, -0.1) is 0 Å². The summed E-state index contributed by atoms with van der Waals surface area (Å²) >= 11 is 0. The van der Waals surface area contributed by atoms with E-state index in [4.69, 9.17) is 0 Å². The highest BCUT2D eigenvalue weighted by molar-refractivity contribution is 5.93. The van der Waals surface area contributed by atoms with E-state index < -0.39 is 6.17 Å². The number of hydrogen-bond donors (Lipinski definition) is 0. The van der Waals surface area contributed by atoms with Crippen LogP contribution in [0.5, 0.6) is 0 Å². The molecule has 2 aliphatic rings. The Morgan fingerprint density at radius 1 is 1.26 bits per heavy atom. The topological polar surface area (TPSA) is 17.1 Å². The third kappa shape index (κ3) is 4.33. The maximum atomic E-state index is 13.3. The lowest BCUT2D eigenvalue weighted by Crippen LogP contribution is -2.17. The average molecular weight is 320 g/mol. The van der Waals surface area contributed by atoms with Crippen LogP contribution >= 0.6 is 0 Å². The van der Waals surface area contributed by atoms with Crippen molar-refractivity contribution in [1.29, 1.82) is 0 Å². The van der Waals surface area contributed by atoms with E-state index in [0.717, 1.165) is 31.3 Å². The molecule has 1 unspecified atom stereocenters. The summed E-state index contributed by atoms with van der Waals surface area (Å²) in [4.78, 5) is 12.2. The van der Waals surface area contributed by atoms with Gasteiger partial charge in [-0.05, 0) is 87.2 Å². The van der Waals surface area contributed by atoms with Crippen LogP contribution in [0.4, 0.5) is 4.39 Å². The van der Waals surface area contributed by atoms with Gasteiger partial charge in [0.2, 0.25) is 0 Å². The fourth-order valence-corrected chi connectivity index (χ4v) is 4.30. The van der Waals surface area contributed by atoms with Crippen molar-refractivity contribution in [2.75, 3.05) is 0 Å². The smallest absolute Gasteiger partial charge is 0.155 e. The van der Waals surface area contributed by atoms with Crippen LogP contribution in [0.3, 0.4) is 0 Å². The van der Waals surface area contributed by atoms with E-state index in [0.29, 0.717) is 24.7 Å². The zero-order valence-corrected chi connectivity index (χ0v) is 15.5. The Bertz CT molecular complexity index is 504. The molecule has 2 rings (SSSR count). The first-order valence-corrected chi connectivity index (χ1v) is 9.31. The number of halogens is 1. The molecular weight excluding hydrogens is 287 g/mol. The van der Waals surface area contributed by atoms with E-state index in [1.165, 1.54) is 17.6 Å². The average Bonchev–Trinajstić information content (AvgIpc) is 2.71. The van der Waals surface area contributed by atoms with Crippen LogP contribution in [0.1, 0.15) is 79.6 Å². The SMILES string of the molecule is CCC1CC(C)(C)C(C)=C1/C=C(/CC1CCC(F)CC1)C(C)=O. The second kappa shape index (κ2) is 7.32. The summed E-state index contributed by atoms with van der Waals surface area (Å²) in [6.45, 7) is 10.8. The van der Waals surface area contributed by atoms with Crippen LogP contribution in [-0.2, 0) is 4.79 Å². The molecular formula is C21H33FO. The zero-order chi connectivity index (χ0) is 17.2. The van der Waals surface area contributed by atoms with Gasteiger partial charge in [-0.2, -0.15) is 0 Å². The molecule has 1 atom stereocenters. The normalized spacial score (nSPS) is 31.6. The van der Waals surface area contributed by atoms with E-state index in [1.54, 1.807) is 6.92 Å². The molecule has 0 aromatic carbocycles. The molecule has 0 heterocycles. The van der Waals surface area contributed by atoms with E-state index in [1.807, 2.05) is 0 Å². The maximum Gasteiger partial charge on any atom is 0.155 e. The van der Waals surface area contributed by atoms with Gasteiger partial charge in [0.05, 0.1) is 0 Å². The van der Waals surface area contributed by atoms with Crippen molar-refractivity contribution in [2.45, 2.75) is 85.7 Å². The van der Waals surface area contributed by atoms with Crippen molar-refractivity contribution < 1.29 is 9.18 Å². The molecule has 2 aliphatic carbocycles. The molecule has 2 heteroatoms. The summed E-state index contributed by atoms with van der Waals surface area (Å²) in [5, 5.41) is 0. The monoisotopic (exact) mass is 320 g/mol. The van der Waals surface area contributed by atoms with Gasteiger partial charge in [-0.1, -0.05) is 32.4 Å². The van der Waals surface area contributed by atoms with Crippen molar-refractivity contribution in [1.82, 2.24) is 0 Å². The summed E-state index contributed by atoms with van der Waals surface area (Å²) in [6.07, 6.45) is 7.90. The molecule has 1 nitrogen and oxygen atoms in total. The standard InChI is InChI=1S/C21H33FO/c1-6-17-13-21(4,5)14(2)20(17)12-18(15(3)23)11-16-7-9-19(22)10-8-16/h12,16-17,19H,6-11,13H2,1-5H3/b18-12-. The predicted octanol–water partition coefficient (Wildman–Crippen LogP) is 6.19. The first-order valence-electron chi connectivity index (χ1n) is 9.31. The number of alkyl halides is 1. The number of carbonyl (C=O) groups is 1. The Balaban J connectivity index is 2.21. The first kappa shape index (κ1) is 18.4. The van der Waals surface area contributed by atoms with Crippen molar-refractivity contribution >= 4 is 5.78 Å². The van der Waals surface area contributed by atoms with E-state index in [2.05, 4.69) is 33.8 Å². The van der Waals surface area contributed by atoms with Gasteiger partial charge in [-0.3, -0.25) is 4.79 Å². The maximum absolute atomic E-state index is 13.3. The van der Waals surface area contributed by atoms with Gasteiger partial charge in [0.15, 0.2) is 5.78 Å². The van der Waals surface area contributed by atoms with Gasteiger partial charge >= 0.3 is 0 Å². The largest absolute Gasteiger partial charge is 0.295 e. The third-order valence-electron chi connectivity index (χ3n) is 6.20. The number of carbonyl (C=O) groups excluding carboxylic acids is 1. The minimum Gasteiger partial charge on any atom is -0.295 e. The quantitative estimate of drug-likeness (QED) is 0.552. The lowest BCUT2D eigenvalue weighted by Gasteiger charge is -2.25. The van der Waals surface area contributed by atoms with E-state index in [-0.39, 0.29) is 11.2 Å². The summed E-state index contributed by atoms with van der Waals surface area (Å²) in [6, 6.07) is 0. The Labute approximate surface area is 141 Å². The fraction of sp³-hybridized carbons (Fsp3) is 0.762. The predicted molar refractivity (Wildman–Crippen MR) is 95.1 cm³/mol. The molecule has 0 N–H and O–H groups in total. The van der Waals surface area contributed by atoms with Gasteiger partial charge in [0.25, 0.3) is 0 Å². The van der Waals surface area contributed by atoms with Crippen molar-refractivity contribution in [2.24, 2.45) is 17.3 Å². The summed E-state index contributed by atoms with van der Waals surface area (Å²) in [7, 11) is 0. The second-order valence-electron chi connectivity index (χ2n) is 8.32. The van der Waals surface area contributed by atoms with Crippen molar-refractivity contribution in [3.63, 3.8) is 0 Å².